The van der Waals surface area contributed by atoms with Gasteiger partial charge in [0, 0.05) is 17.0 Å². The Morgan fingerprint density at radius 1 is 1.13 bits per heavy atom. The number of nitrogens with one attached hydrogen (secondary N) is 2. The molecular formula is C28H37N5O4S2. The van der Waals surface area contributed by atoms with Crippen LogP contribution in [0.4, 0.5) is 0 Å². The van der Waals surface area contributed by atoms with E-state index in [1.807, 2.05) is 63.2 Å². The van der Waals surface area contributed by atoms with Gasteiger partial charge < -0.3 is 20.0 Å². The molecule has 0 spiro atoms. The number of rotatable bonds is 12. The number of thioether (sulfide) groups is 1. The third-order valence-electron chi connectivity index (χ3n) is 6.85. The van der Waals surface area contributed by atoms with Crippen molar-refractivity contribution in [2.75, 3.05) is 26.4 Å². The summed E-state index contributed by atoms with van der Waals surface area (Å²) < 4.78 is 6.67. The van der Waals surface area contributed by atoms with E-state index in [0.717, 1.165) is 41.6 Å². The van der Waals surface area contributed by atoms with Crippen LogP contribution in [-0.2, 0) is 4.79 Å². The summed E-state index contributed by atoms with van der Waals surface area (Å²) in [5, 5.41) is 15.3. The predicted octanol–water partition coefficient (Wildman–Crippen LogP) is 4.78. The predicted molar refractivity (Wildman–Crippen MR) is 154 cm³/mol. The molecule has 2 N–H and O–H groups in total. The molecule has 4 rings (SSSR count). The van der Waals surface area contributed by atoms with E-state index in [2.05, 4.69) is 20.8 Å². The lowest BCUT2D eigenvalue weighted by molar-refractivity contribution is -0.129. The number of fused-ring (bicyclic) bond motifs is 1. The molecule has 2 heterocycles. The molecule has 2 aromatic heterocycles. The number of benzene rings is 1. The maximum atomic E-state index is 13.8. The molecule has 0 radical (unpaired) electrons. The Morgan fingerprint density at radius 2 is 1.87 bits per heavy atom. The van der Waals surface area contributed by atoms with Crippen LogP contribution >= 0.6 is 23.1 Å². The number of nitrogens with zero attached hydrogens (tertiary/aromatic N) is 3. The van der Waals surface area contributed by atoms with Gasteiger partial charge in [0.1, 0.15) is 5.54 Å². The summed E-state index contributed by atoms with van der Waals surface area (Å²) in [6.07, 6.45) is 4.09. The molecule has 11 heteroatoms. The Morgan fingerprint density at radius 3 is 2.56 bits per heavy atom. The van der Waals surface area contributed by atoms with Crippen molar-refractivity contribution in [1.29, 1.82) is 0 Å². The smallest absolute Gasteiger partial charge is 0.286 e. The Hall–Kier alpha value is -2.76. The van der Waals surface area contributed by atoms with Crippen LogP contribution in [0.25, 0.3) is 10.1 Å². The van der Waals surface area contributed by atoms with Crippen LogP contribution in [0, 0.1) is 5.92 Å². The highest BCUT2D eigenvalue weighted by molar-refractivity contribution is 7.99. The van der Waals surface area contributed by atoms with Crippen LogP contribution in [0.3, 0.4) is 0 Å². The van der Waals surface area contributed by atoms with Crippen molar-refractivity contribution >= 4 is 50.8 Å². The highest BCUT2D eigenvalue weighted by Gasteiger charge is 2.43. The molecule has 39 heavy (non-hydrogen) atoms. The number of carbonyl (C=O) groups is 3. The van der Waals surface area contributed by atoms with Crippen molar-refractivity contribution in [3.8, 4) is 0 Å². The summed E-state index contributed by atoms with van der Waals surface area (Å²) in [4.78, 5) is 43.2. The molecule has 3 aromatic rings. The minimum Gasteiger partial charge on any atom is -0.408 e. The third kappa shape index (κ3) is 7.46. The van der Waals surface area contributed by atoms with Gasteiger partial charge >= 0.3 is 0 Å². The average Bonchev–Trinajstić information content (AvgIpc) is 3.55. The zero-order chi connectivity index (χ0) is 28.0. The fraction of sp³-hybridized carbons (Fsp3) is 0.536. The Kier molecular flexibility index (Phi) is 9.79. The fourth-order valence-electron chi connectivity index (χ4n) is 4.77. The quantitative estimate of drug-likeness (QED) is 0.236. The van der Waals surface area contributed by atoms with Gasteiger partial charge in [-0.15, -0.1) is 21.5 Å². The minimum atomic E-state index is -1.08. The van der Waals surface area contributed by atoms with Crippen LogP contribution in [0.15, 0.2) is 40.0 Å². The van der Waals surface area contributed by atoms with Crippen LogP contribution in [0.5, 0.6) is 0 Å². The molecule has 1 atom stereocenters. The van der Waals surface area contributed by atoms with Crippen molar-refractivity contribution in [1.82, 2.24) is 25.7 Å². The number of thiophene rings is 1. The first kappa shape index (κ1) is 29.2. The van der Waals surface area contributed by atoms with Crippen LogP contribution in [-0.4, -0.2) is 70.7 Å². The molecule has 2 amide bonds. The summed E-state index contributed by atoms with van der Waals surface area (Å²) >= 11 is 2.79. The summed E-state index contributed by atoms with van der Waals surface area (Å²) in [6, 6.07) is 8.85. The number of aromatic nitrogens is 2. The lowest BCUT2D eigenvalue weighted by Gasteiger charge is -2.37. The second-order valence-corrected chi connectivity index (χ2v) is 12.9. The Balaban J connectivity index is 1.50. The number of hydrogen-bond acceptors (Lipinski definition) is 9. The van der Waals surface area contributed by atoms with Crippen molar-refractivity contribution in [2.45, 2.75) is 69.2 Å². The third-order valence-corrected chi connectivity index (χ3v) is 8.77. The second kappa shape index (κ2) is 13.1. The summed E-state index contributed by atoms with van der Waals surface area (Å²) in [7, 11) is 3.96. The van der Waals surface area contributed by atoms with Crippen LogP contribution in [0.2, 0.25) is 0 Å². The van der Waals surface area contributed by atoms with Crippen molar-refractivity contribution in [3.05, 3.63) is 41.1 Å². The first-order chi connectivity index (χ1) is 18.7. The number of Topliss-reactive ketones (excluding diaryl/α,β-unsaturated/α-hetero) is 1. The van der Waals surface area contributed by atoms with Gasteiger partial charge in [-0.05, 0) is 56.8 Å². The summed E-state index contributed by atoms with van der Waals surface area (Å²) in [6.45, 7) is 4.81. The molecule has 1 unspecified atom stereocenters. The number of hydrogen-bond donors (Lipinski definition) is 2. The van der Waals surface area contributed by atoms with Gasteiger partial charge in [0.25, 0.3) is 17.0 Å². The summed E-state index contributed by atoms with van der Waals surface area (Å²) in [5.41, 5.74) is -1.08. The van der Waals surface area contributed by atoms with Crippen molar-refractivity contribution < 1.29 is 18.8 Å². The second-order valence-electron chi connectivity index (χ2n) is 10.8. The molecule has 9 nitrogen and oxygen atoms in total. The van der Waals surface area contributed by atoms with Gasteiger partial charge in [0.05, 0.1) is 10.9 Å². The maximum absolute atomic E-state index is 13.8. The van der Waals surface area contributed by atoms with E-state index in [1.165, 1.54) is 23.1 Å². The molecule has 0 aliphatic heterocycles. The first-order valence-corrected chi connectivity index (χ1v) is 15.2. The van der Waals surface area contributed by atoms with E-state index in [-0.39, 0.29) is 23.6 Å². The number of ketones is 1. The molecule has 0 bridgehead atoms. The van der Waals surface area contributed by atoms with Crippen LogP contribution in [0.1, 0.15) is 72.7 Å². The highest BCUT2D eigenvalue weighted by Crippen LogP contribution is 2.31. The lowest BCUT2D eigenvalue weighted by Crippen LogP contribution is -2.62. The molecule has 0 saturated heterocycles. The normalized spacial score (nSPS) is 15.9. The van der Waals surface area contributed by atoms with Gasteiger partial charge in [0.2, 0.25) is 11.7 Å². The number of amides is 2. The summed E-state index contributed by atoms with van der Waals surface area (Å²) in [5.74, 6) is -0.249. The lowest BCUT2D eigenvalue weighted by atomic mass is 9.80. The SMILES string of the molecule is CC(C)CC(NC(=O)C1(NC(=O)c2cc3ccccc3s2)CCCCC1)C(=O)c1nnc(SCCN(C)C)o1. The Labute approximate surface area is 237 Å². The largest absolute Gasteiger partial charge is 0.408 e. The van der Waals surface area contributed by atoms with Crippen LogP contribution < -0.4 is 10.6 Å². The maximum Gasteiger partial charge on any atom is 0.286 e. The van der Waals surface area contributed by atoms with E-state index in [9.17, 15) is 14.4 Å². The zero-order valence-corrected chi connectivity index (χ0v) is 24.6. The van der Waals surface area contributed by atoms with E-state index in [0.29, 0.717) is 29.4 Å². The minimum absolute atomic E-state index is 0.111. The molecule has 1 fully saturated rings. The monoisotopic (exact) mass is 571 g/mol. The standard InChI is InChI=1S/C28H37N5O4S2/c1-18(2)16-20(23(34)25-31-32-27(37-25)38-15-14-33(3)4)29-26(36)28(12-8-5-9-13-28)30-24(35)22-17-19-10-6-7-11-21(19)39-22/h6-7,10-11,17-18,20H,5,8-9,12-16H2,1-4H3,(H,29,36)(H,30,35). The topological polar surface area (TPSA) is 117 Å². The van der Waals surface area contributed by atoms with E-state index in [4.69, 9.17) is 4.42 Å². The van der Waals surface area contributed by atoms with Gasteiger partial charge in [-0.3, -0.25) is 14.4 Å². The van der Waals surface area contributed by atoms with Gasteiger partial charge in [-0.25, -0.2) is 0 Å². The van der Waals surface area contributed by atoms with E-state index < -0.39 is 17.4 Å². The molecule has 1 aliphatic rings. The molecule has 210 valence electrons. The van der Waals surface area contributed by atoms with Gasteiger partial charge in [-0.2, -0.15) is 0 Å². The average molecular weight is 572 g/mol. The number of carbonyl (C=O) groups excluding carboxylic acids is 3. The van der Waals surface area contributed by atoms with E-state index >= 15 is 0 Å². The zero-order valence-electron chi connectivity index (χ0n) is 23.0. The van der Waals surface area contributed by atoms with Crippen molar-refractivity contribution in [3.63, 3.8) is 0 Å². The van der Waals surface area contributed by atoms with E-state index in [1.54, 1.807) is 0 Å². The Bertz CT molecular complexity index is 1260. The molecule has 1 aromatic carbocycles. The van der Waals surface area contributed by atoms with Gasteiger partial charge in [0.15, 0.2) is 0 Å². The molecule has 1 aliphatic carbocycles. The highest BCUT2D eigenvalue weighted by atomic mass is 32.2. The van der Waals surface area contributed by atoms with Crippen molar-refractivity contribution in [2.24, 2.45) is 5.92 Å². The fourth-order valence-corrected chi connectivity index (χ4v) is 6.59. The molecule has 1 saturated carbocycles. The first-order valence-electron chi connectivity index (χ1n) is 13.4. The molecular weight excluding hydrogens is 534 g/mol. The van der Waals surface area contributed by atoms with Gasteiger partial charge in [-0.1, -0.05) is 63.1 Å².